The fourth-order valence-corrected chi connectivity index (χ4v) is 3.31. The lowest BCUT2D eigenvalue weighted by molar-refractivity contribution is -0.116. The number of carbonyl (C=O) groups excluding carboxylic acids is 1. The minimum atomic E-state index is -0.0364. The van der Waals surface area contributed by atoms with E-state index in [1.165, 1.54) is 0 Å². The molecule has 0 bridgehead atoms. The zero-order valence-corrected chi connectivity index (χ0v) is 14.5. The minimum absolute atomic E-state index is 0.0364. The van der Waals surface area contributed by atoms with Gasteiger partial charge < -0.3 is 9.88 Å². The van der Waals surface area contributed by atoms with Gasteiger partial charge in [-0.1, -0.05) is 46.3 Å². The molecule has 0 aliphatic heterocycles. The predicted octanol–water partition coefficient (Wildman–Crippen LogP) is 5.20. The number of rotatable bonds is 3. The molecule has 0 aliphatic rings. The standard InChI is InChI=1S/C20H15BrN2O/c21-17-6-8-19-16(11-17)9-10-23(19)13-20(24)22-18-7-5-14-3-1-2-4-15(14)12-18/h1-12H,13H2,(H,22,24). The van der Waals surface area contributed by atoms with Crippen molar-refractivity contribution in [3.05, 3.63) is 77.4 Å². The fourth-order valence-electron chi connectivity index (χ4n) is 2.93. The van der Waals surface area contributed by atoms with Crippen LogP contribution in [0.1, 0.15) is 0 Å². The third kappa shape index (κ3) is 2.93. The van der Waals surface area contributed by atoms with Gasteiger partial charge >= 0.3 is 0 Å². The first-order valence-electron chi connectivity index (χ1n) is 7.72. The van der Waals surface area contributed by atoms with Crippen LogP contribution in [-0.4, -0.2) is 10.5 Å². The van der Waals surface area contributed by atoms with Crippen molar-refractivity contribution in [1.29, 1.82) is 0 Å². The first-order chi connectivity index (χ1) is 11.7. The van der Waals surface area contributed by atoms with Crippen LogP contribution < -0.4 is 5.32 Å². The fraction of sp³-hybridized carbons (Fsp3) is 0.0500. The molecule has 0 saturated heterocycles. The summed E-state index contributed by atoms with van der Waals surface area (Å²) in [5.74, 6) is -0.0364. The molecule has 1 amide bonds. The molecule has 118 valence electrons. The van der Waals surface area contributed by atoms with Crippen molar-refractivity contribution >= 4 is 49.2 Å². The van der Waals surface area contributed by atoms with E-state index in [1.54, 1.807) is 0 Å². The molecule has 3 nitrogen and oxygen atoms in total. The average molecular weight is 379 g/mol. The van der Waals surface area contributed by atoms with E-state index >= 15 is 0 Å². The van der Waals surface area contributed by atoms with Gasteiger partial charge in [0.1, 0.15) is 6.54 Å². The third-order valence-electron chi connectivity index (χ3n) is 4.08. The van der Waals surface area contributed by atoms with Crippen molar-refractivity contribution in [2.24, 2.45) is 0 Å². The van der Waals surface area contributed by atoms with Crippen LogP contribution in [0.4, 0.5) is 5.69 Å². The van der Waals surface area contributed by atoms with E-state index in [4.69, 9.17) is 0 Å². The van der Waals surface area contributed by atoms with Crippen molar-refractivity contribution < 1.29 is 4.79 Å². The summed E-state index contributed by atoms with van der Waals surface area (Å²) in [6, 6.07) is 22.1. The van der Waals surface area contributed by atoms with Crippen LogP contribution in [0.5, 0.6) is 0 Å². The summed E-state index contributed by atoms with van der Waals surface area (Å²) in [6.07, 6.45) is 1.94. The van der Waals surface area contributed by atoms with Crippen molar-refractivity contribution in [2.45, 2.75) is 6.54 Å². The van der Waals surface area contributed by atoms with Crippen molar-refractivity contribution in [2.75, 3.05) is 5.32 Å². The zero-order chi connectivity index (χ0) is 16.5. The predicted molar refractivity (Wildman–Crippen MR) is 102 cm³/mol. The Kier molecular flexibility index (Phi) is 3.82. The number of nitrogens with zero attached hydrogens (tertiary/aromatic N) is 1. The second-order valence-corrected chi connectivity index (χ2v) is 6.67. The number of fused-ring (bicyclic) bond motifs is 2. The Bertz CT molecular complexity index is 1050. The first kappa shape index (κ1) is 15.0. The Labute approximate surface area is 148 Å². The number of nitrogens with one attached hydrogen (secondary N) is 1. The number of carbonyl (C=O) groups is 1. The number of hydrogen-bond acceptors (Lipinski definition) is 1. The molecule has 1 N–H and O–H groups in total. The maximum atomic E-state index is 12.4. The molecule has 0 fully saturated rings. The monoisotopic (exact) mass is 378 g/mol. The number of halogens is 1. The maximum Gasteiger partial charge on any atom is 0.244 e. The van der Waals surface area contributed by atoms with Gasteiger partial charge in [-0.25, -0.2) is 0 Å². The van der Waals surface area contributed by atoms with E-state index < -0.39 is 0 Å². The molecule has 0 spiro atoms. The van der Waals surface area contributed by atoms with E-state index in [9.17, 15) is 4.79 Å². The van der Waals surface area contributed by atoms with Gasteiger partial charge in [-0.05, 0) is 47.2 Å². The number of aromatic nitrogens is 1. The number of benzene rings is 3. The molecule has 0 unspecified atom stereocenters. The number of hydrogen-bond donors (Lipinski definition) is 1. The highest BCUT2D eigenvalue weighted by atomic mass is 79.9. The molecule has 4 rings (SSSR count). The van der Waals surface area contributed by atoms with E-state index in [2.05, 4.69) is 27.3 Å². The SMILES string of the molecule is O=C(Cn1ccc2cc(Br)ccc21)Nc1ccc2ccccc2c1. The van der Waals surface area contributed by atoms with Crippen LogP contribution >= 0.6 is 15.9 Å². The second kappa shape index (κ2) is 6.13. The normalized spacial score (nSPS) is 11.0. The minimum Gasteiger partial charge on any atom is -0.338 e. The Hall–Kier alpha value is -2.59. The summed E-state index contributed by atoms with van der Waals surface area (Å²) in [6.45, 7) is 0.290. The van der Waals surface area contributed by atoms with Crippen molar-refractivity contribution in [1.82, 2.24) is 4.57 Å². The first-order valence-corrected chi connectivity index (χ1v) is 8.51. The summed E-state index contributed by atoms with van der Waals surface area (Å²) in [7, 11) is 0. The van der Waals surface area contributed by atoms with Gasteiger partial charge in [0.2, 0.25) is 5.91 Å². The van der Waals surface area contributed by atoms with Crippen LogP contribution in [0.25, 0.3) is 21.7 Å². The molecule has 0 atom stereocenters. The molecule has 0 saturated carbocycles. The van der Waals surface area contributed by atoms with Crippen molar-refractivity contribution in [3.8, 4) is 0 Å². The maximum absolute atomic E-state index is 12.4. The summed E-state index contributed by atoms with van der Waals surface area (Å²) in [4.78, 5) is 12.4. The summed E-state index contributed by atoms with van der Waals surface area (Å²) >= 11 is 3.47. The Morgan fingerprint density at radius 3 is 2.62 bits per heavy atom. The van der Waals surface area contributed by atoms with Gasteiger partial charge in [0.05, 0.1) is 0 Å². The van der Waals surface area contributed by atoms with Gasteiger partial charge in [-0.2, -0.15) is 0 Å². The van der Waals surface area contributed by atoms with Crippen LogP contribution in [-0.2, 0) is 11.3 Å². The van der Waals surface area contributed by atoms with Gasteiger partial charge in [-0.15, -0.1) is 0 Å². The summed E-state index contributed by atoms with van der Waals surface area (Å²) in [5, 5.41) is 6.37. The smallest absolute Gasteiger partial charge is 0.244 e. The van der Waals surface area contributed by atoms with E-state index in [0.717, 1.165) is 31.8 Å². The lowest BCUT2D eigenvalue weighted by Gasteiger charge is -2.08. The van der Waals surface area contributed by atoms with Crippen LogP contribution in [0.3, 0.4) is 0 Å². The molecule has 3 aromatic carbocycles. The van der Waals surface area contributed by atoms with Crippen LogP contribution in [0, 0.1) is 0 Å². The molecular formula is C20H15BrN2O. The molecule has 4 heteroatoms. The highest BCUT2D eigenvalue weighted by Gasteiger charge is 2.07. The zero-order valence-electron chi connectivity index (χ0n) is 12.9. The quantitative estimate of drug-likeness (QED) is 0.522. The summed E-state index contributed by atoms with van der Waals surface area (Å²) < 4.78 is 2.99. The summed E-state index contributed by atoms with van der Waals surface area (Å²) in [5.41, 5.74) is 1.87. The molecule has 24 heavy (non-hydrogen) atoms. The second-order valence-electron chi connectivity index (χ2n) is 5.76. The largest absolute Gasteiger partial charge is 0.338 e. The van der Waals surface area contributed by atoms with Crippen molar-refractivity contribution in [3.63, 3.8) is 0 Å². The Morgan fingerprint density at radius 1 is 0.917 bits per heavy atom. The molecule has 1 heterocycles. The Balaban J connectivity index is 1.54. The van der Waals surface area contributed by atoms with Gasteiger partial charge in [-0.3, -0.25) is 4.79 Å². The van der Waals surface area contributed by atoms with Crippen LogP contribution in [0.15, 0.2) is 77.4 Å². The molecular weight excluding hydrogens is 364 g/mol. The van der Waals surface area contributed by atoms with E-state index in [0.29, 0.717) is 0 Å². The molecule has 1 aromatic heterocycles. The average Bonchev–Trinajstić information content (AvgIpc) is 2.96. The Morgan fingerprint density at radius 2 is 1.75 bits per heavy atom. The highest BCUT2D eigenvalue weighted by molar-refractivity contribution is 9.10. The lowest BCUT2D eigenvalue weighted by atomic mass is 10.1. The van der Waals surface area contributed by atoms with Gasteiger partial charge in [0.25, 0.3) is 0 Å². The molecule has 0 radical (unpaired) electrons. The van der Waals surface area contributed by atoms with Crippen LogP contribution in [0.2, 0.25) is 0 Å². The number of amides is 1. The number of anilines is 1. The topological polar surface area (TPSA) is 34.0 Å². The van der Waals surface area contributed by atoms with Gasteiger partial charge in [0, 0.05) is 27.3 Å². The lowest BCUT2D eigenvalue weighted by Crippen LogP contribution is -2.18. The molecule has 4 aromatic rings. The van der Waals surface area contributed by atoms with Gasteiger partial charge in [0.15, 0.2) is 0 Å². The van der Waals surface area contributed by atoms with E-state index in [-0.39, 0.29) is 12.5 Å². The molecule has 0 aliphatic carbocycles. The highest BCUT2D eigenvalue weighted by Crippen LogP contribution is 2.22. The third-order valence-corrected chi connectivity index (χ3v) is 4.57. The van der Waals surface area contributed by atoms with E-state index in [1.807, 2.05) is 71.4 Å².